The minimum Gasteiger partial charge on any atom is -0.493 e. The maximum Gasteiger partial charge on any atom is 0.217 e. The summed E-state index contributed by atoms with van der Waals surface area (Å²) in [5, 5.41) is 7.72. The van der Waals surface area contributed by atoms with E-state index in [1.54, 1.807) is 14.2 Å². The van der Waals surface area contributed by atoms with Crippen molar-refractivity contribution < 1.29 is 14.2 Å². The Morgan fingerprint density at radius 2 is 1.81 bits per heavy atom. The molecular weight excluding hydrogens is 412 g/mol. The smallest absolute Gasteiger partial charge is 0.217 e. The quantitative estimate of drug-likeness (QED) is 0.512. The molecule has 158 valence electrons. The van der Waals surface area contributed by atoms with Gasteiger partial charge in [0.2, 0.25) is 6.23 Å². The van der Waals surface area contributed by atoms with Crippen LogP contribution in [0.2, 0.25) is 5.02 Å². The number of fused-ring (bicyclic) bond motifs is 3. The van der Waals surface area contributed by atoms with E-state index in [0.29, 0.717) is 16.5 Å². The number of hydrazone groups is 1. The number of rotatable bonds is 4. The standard InChI is InChI=1S/C25H23ClN2O3/c1-15-7-9-16(10-8-15)20-14-21-19-13-17(26)11-12-22(19)31-25(28(21)27-20)18-5-4-6-23(29-2)24(18)30-3/h4-13,21,25H,14H2,1-3H3/t21-,25+/m0/s1. The molecule has 0 aromatic heterocycles. The molecule has 0 fully saturated rings. The molecule has 0 bridgehead atoms. The third-order valence-electron chi connectivity index (χ3n) is 5.84. The number of nitrogens with zero attached hydrogens (tertiary/aromatic N) is 2. The molecule has 0 saturated heterocycles. The highest BCUT2D eigenvalue weighted by Gasteiger charge is 2.42. The van der Waals surface area contributed by atoms with Crippen LogP contribution in [0, 0.1) is 6.92 Å². The van der Waals surface area contributed by atoms with Gasteiger partial charge in [-0.2, -0.15) is 5.10 Å². The highest BCUT2D eigenvalue weighted by molar-refractivity contribution is 6.30. The third-order valence-corrected chi connectivity index (χ3v) is 6.07. The first-order valence-corrected chi connectivity index (χ1v) is 10.6. The summed E-state index contributed by atoms with van der Waals surface area (Å²) >= 11 is 6.33. The fourth-order valence-electron chi connectivity index (χ4n) is 4.29. The van der Waals surface area contributed by atoms with Crippen LogP contribution >= 0.6 is 11.6 Å². The molecule has 3 aromatic rings. The van der Waals surface area contributed by atoms with Crippen molar-refractivity contribution in [2.24, 2.45) is 5.10 Å². The molecule has 2 aliphatic rings. The summed E-state index contributed by atoms with van der Waals surface area (Å²) in [5.74, 6) is 2.11. The van der Waals surface area contributed by atoms with Crippen LogP contribution in [0.3, 0.4) is 0 Å². The molecule has 5 rings (SSSR count). The SMILES string of the molecule is COc1cccc([C@H]2Oc3ccc(Cl)cc3[C@@H]3CC(c4ccc(C)cc4)=NN23)c1OC. The van der Waals surface area contributed by atoms with E-state index in [0.717, 1.165) is 34.6 Å². The third kappa shape index (κ3) is 3.39. The van der Waals surface area contributed by atoms with Crippen molar-refractivity contribution in [2.75, 3.05) is 14.2 Å². The molecule has 2 atom stereocenters. The van der Waals surface area contributed by atoms with Crippen LogP contribution in [0.1, 0.15) is 40.9 Å². The molecule has 2 aliphatic heterocycles. The van der Waals surface area contributed by atoms with E-state index in [1.807, 2.05) is 41.4 Å². The maximum atomic E-state index is 6.46. The summed E-state index contributed by atoms with van der Waals surface area (Å²) in [4.78, 5) is 0. The van der Waals surface area contributed by atoms with Crippen LogP contribution in [0.5, 0.6) is 17.2 Å². The number of hydrogen-bond acceptors (Lipinski definition) is 5. The van der Waals surface area contributed by atoms with Gasteiger partial charge in [0.1, 0.15) is 5.75 Å². The Kier molecular flexibility index (Phi) is 4.98. The first kappa shape index (κ1) is 19.8. The minimum absolute atomic E-state index is 0.0136. The van der Waals surface area contributed by atoms with Crippen molar-refractivity contribution in [3.63, 3.8) is 0 Å². The summed E-state index contributed by atoms with van der Waals surface area (Å²) in [5.41, 5.74) is 5.26. The number of hydrogen-bond donors (Lipinski definition) is 0. The Hall–Kier alpha value is -3.18. The second-order valence-electron chi connectivity index (χ2n) is 7.75. The van der Waals surface area contributed by atoms with Crippen molar-refractivity contribution in [1.29, 1.82) is 0 Å². The highest BCUT2D eigenvalue weighted by atomic mass is 35.5. The van der Waals surface area contributed by atoms with Crippen LogP contribution in [0.4, 0.5) is 0 Å². The molecule has 0 spiro atoms. The molecule has 0 radical (unpaired) electrons. The number of para-hydroxylation sites is 1. The van der Waals surface area contributed by atoms with Crippen molar-refractivity contribution in [3.05, 3.63) is 87.9 Å². The Morgan fingerprint density at radius 3 is 2.55 bits per heavy atom. The predicted molar refractivity (Wildman–Crippen MR) is 121 cm³/mol. The van der Waals surface area contributed by atoms with E-state index >= 15 is 0 Å². The number of benzene rings is 3. The Morgan fingerprint density at radius 1 is 1.00 bits per heavy atom. The molecule has 5 nitrogen and oxygen atoms in total. The first-order valence-electron chi connectivity index (χ1n) is 10.2. The molecule has 0 N–H and O–H groups in total. The summed E-state index contributed by atoms with van der Waals surface area (Å²) in [6, 6.07) is 20.0. The fraction of sp³-hybridized carbons (Fsp3) is 0.240. The van der Waals surface area contributed by atoms with Gasteiger partial charge < -0.3 is 14.2 Å². The number of halogens is 1. The number of methoxy groups -OCH3 is 2. The van der Waals surface area contributed by atoms with Gasteiger partial charge in [0.15, 0.2) is 11.5 Å². The van der Waals surface area contributed by atoms with E-state index in [-0.39, 0.29) is 6.04 Å². The van der Waals surface area contributed by atoms with Gasteiger partial charge in [0.25, 0.3) is 0 Å². The zero-order chi connectivity index (χ0) is 21.5. The van der Waals surface area contributed by atoms with Crippen molar-refractivity contribution in [1.82, 2.24) is 5.01 Å². The topological polar surface area (TPSA) is 43.3 Å². The predicted octanol–water partition coefficient (Wildman–Crippen LogP) is 5.91. The summed E-state index contributed by atoms with van der Waals surface area (Å²) < 4.78 is 17.7. The molecule has 0 saturated carbocycles. The summed E-state index contributed by atoms with van der Waals surface area (Å²) in [6.45, 7) is 2.08. The largest absolute Gasteiger partial charge is 0.493 e. The van der Waals surface area contributed by atoms with Gasteiger partial charge in [-0.05, 0) is 42.8 Å². The molecule has 0 aliphatic carbocycles. The Labute approximate surface area is 186 Å². The van der Waals surface area contributed by atoms with Crippen molar-refractivity contribution >= 4 is 17.3 Å². The average molecular weight is 435 g/mol. The summed E-state index contributed by atoms with van der Waals surface area (Å²) in [7, 11) is 3.27. The van der Waals surface area contributed by atoms with Crippen LogP contribution in [0.25, 0.3) is 0 Å². The lowest BCUT2D eigenvalue weighted by Gasteiger charge is -2.38. The van der Waals surface area contributed by atoms with Gasteiger partial charge in [-0.3, -0.25) is 0 Å². The van der Waals surface area contributed by atoms with Gasteiger partial charge in [0, 0.05) is 17.0 Å². The van der Waals surface area contributed by atoms with E-state index in [4.69, 9.17) is 30.9 Å². The summed E-state index contributed by atoms with van der Waals surface area (Å²) in [6.07, 6.45) is 0.314. The second kappa shape index (κ2) is 7.82. The van der Waals surface area contributed by atoms with Gasteiger partial charge in [-0.25, -0.2) is 5.01 Å². The fourth-order valence-corrected chi connectivity index (χ4v) is 4.47. The van der Waals surface area contributed by atoms with Gasteiger partial charge in [-0.1, -0.05) is 47.5 Å². The van der Waals surface area contributed by atoms with E-state index in [2.05, 4.69) is 31.2 Å². The zero-order valence-corrected chi connectivity index (χ0v) is 18.4. The minimum atomic E-state index is -0.452. The molecule has 0 unspecified atom stereocenters. The van der Waals surface area contributed by atoms with Gasteiger partial charge in [0.05, 0.1) is 31.5 Å². The maximum absolute atomic E-state index is 6.46. The van der Waals surface area contributed by atoms with Crippen LogP contribution < -0.4 is 14.2 Å². The lowest BCUT2D eigenvalue weighted by Crippen LogP contribution is -2.34. The van der Waals surface area contributed by atoms with Gasteiger partial charge >= 0.3 is 0 Å². The normalized spacial score (nSPS) is 19.2. The van der Waals surface area contributed by atoms with E-state index in [9.17, 15) is 0 Å². The van der Waals surface area contributed by atoms with Crippen molar-refractivity contribution in [3.8, 4) is 17.2 Å². The zero-order valence-electron chi connectivity index (χ0n) is 17.6. The molecule has 2 heterocycles. The highest BCUT2D eigenvalue weighted by Crippen LogP contribution is 2.50. The number of aryl methyl sites for hydroxylation is 1. The molecular formula is C25H23ClN2O3. The van der Waals surface area contributed by atoms with Crippen molar-refractivity contribution in [2.45, 2.75) is 25.6 Å². The lowest BCUT2D eigenvalue weighted by molar-refractivity contribution is -0.0205. The Bertz CT molecular complexity index is 1160. The monoisotopic (exact) mass is 434 g/mol. The molecule has 31 heavy (non-hydrogen) atoms. The second-order valence-corrected chi connectivity index (χ2v) is 8.18. The van der Waals surface area contributed by atoms with Gasteiger partial charge in [-0.15, -0.1) is 0 Å². The van der Waals surface area contributed by atoms with E-state index in [1.165, 1.54) is 5.56 Å². The molecule has 6 heteroatoms. The Balaban J connectivity index is 1.64. The van der Waals surface area contributed by atoms with Crippen LogP contribution in [-0.2, 0) is 0 Å². The molecule has 3 aromatic carbocycles. The number of ether oxygens (including phenoxy) is 3. The molecule has 0 amide bonds. The van der Waals surface area contributed by atoms with Crippen LogP contribution in [-0.4, -0.2) is 24.9 Å². The first-order chi connectivity index (χ1) is 15.1. The lowest BCUT2D eigenvalue weighted by atomic mass is 9.95. The van der Waals surface area contributed by atoms with E-state index < -0.39 is 6.23 Å². The average Bonchev–Trinajstić information content (AvgIpc) is 3.24. The van der Waals surface area contributed by atoms with Crippen LogP contribution in [0.15, 0.2) is 65.8 Å².